The normalized spacial score (nSPS) is 16.6. The summed E-state index contributed by atoms with van der Waals surface area (Å²) in [6.07, 6.45) is -5.19. The van der Waals surface area contributed by atoms with Crippen molar-refractivity contribution in [1.82, 2.24) is 0 Å². The van der Waals surface area contributed by atoms with Crippen LogP contribution in [0.1, 0.15) is 0 Å². The minimum Gasteiger partial charge on any atom is -0.406 e. The smallest absolute Gasteiger partial charge is 0.406 e. The number of rotatable bonds is 5. The van der Waals surface area contributed by atoms with E-state index in [9.17, 15) is 47.9 Å². The summed E-state index contributed by atoms with van der Waals surface area (Å²) in [6, 6.07) is 6.06. The zero-order valence-electron chi connectivity index (χ0n) is 14.0. The van der Waals surface area contributed by atoms with Crippen LogP contribution in [0.3, 0.4) is 0 Å². The van der Waals surface area contributed by atoms with Gasteiger partial charge in [0.1, 0.15) is 5.75 Å². The first-order chi connectivity index (χ1) is 13.5. The third-order valence-electron chi connectivity index (χ3n) is 3.27. The highest BCUT2D eigenvalue weighted by atomic mass is 32.3. The van der Waals surface area contributed by atoms with Gasteiger partial charge in [-0.05, 0) is 36.4 Å². The highest BCUT2D eigenvalue weighted by molar-refractivity contribution is 8.33. The molecule has 0 saturated carbocycles. The van der Waals surface area contributed by atoms with Crippen molar-refractivity contribution >= 4 is 20.4 Å². The van der Waals surface area contributed by atoms with Crippen LogP contribution in [0, 0.1) is 0 Å². The summed E-state index contributed by atoms with van der Waals surface area (Å²) in [4.78, 5) is -2.13. The predicted octanol–water partition coefficient (Wildman–Crippen LogP) is 6.11. The highest BCUT2D eigenvalue weighted by Gasteiger charge is 2.61. The zero-order chi connectivity index (χ0) is 23.0. The van der Waals surface area contributed by atoms with Crippen LogP contribution in [0.25, 0.3) is 0 Å². The van der Waals surface area contributed by atoms with Crippen LogP contribution < -0.4 is 4.74 Å². The van der Waals surface area contributed by atoms with Gasteiger partial charge in [0.25, 0.3) is 0 Å². The minimum atomic E-state index is -6.77. The lowest BCUT2D eigenvalue weighted by Crippen LogP contribution is -2.32. The van der Waals surface area contributed by atoms with Crippen LogP contribution in [0.15, 0.2) is 64.4 Å². The Morgan fingerprint density at radius 1 is 0.633 bits per heavy atom. The van der Waals surface area contributed by atoms with Crippen molar-refractivity contribution in [2.24, 2.45) is 0 Å². The average molecular weight is 488 g/mol. The number of halogens is 9. The van der Waals surface area contributed by atoms with E-state index in [1.165, 1.54) is 6.07 Å². The van der Waals surface area contributed by atoms with Crippen molar-refractivity contribution in [2.75, 3.05) is 0 Å². The fourth-order valence-corrected chi connectivity index (χ4v) is 6.33. The van der Waals surface area contributed by atoms with Crippen LogP contribution in [0.2, 0.25) is 0 Å². The van der Waals surface area contributed by atoms with Crippen LogP contribution in [-0.2, 0) is 13.7 Å². The van der Waals surface area contributed by atoms with Crippen molar-refractivity contribution < 1.29 is 56.3 Å². The molecule has 0 bridgehead atoms. The predicted molar refractivity (Wildman–Crippen MR) is 85.8 cm³/mol. The summed E-state index contributed by atoms with van der Waals surface area (Å²) in [5, 5.41) is 0. The minimum absolute atomic E-state index is 0.350. The van der Waals surface area contributed by atoms with Crippen LogP contribution >= 0.6 is 10.3 Å². The molecule has 0 amide bonds. The Balaban J connectivity index is 2.76. The van der Waals surface area contributed by atoms with Gasteiger partial charge >= 0.3 is 27.5 Å². The highest BCUT2D eigenvalue weighted by Crippen LogP contribution is 2.74. The van der Waals surface area contributed by atoms with Crippen molar-refractivity contribution in [3.8, 4) is 5.75 Å². The molecule has 2 aromatic carbocycles. The van der Waals surface area contributed by atoms with E-state index in [1.54, 1.807) is 0 Å². The summed E-state index contributed by atoms with van der Waals surface area (Å²) in [6.45, 7) is 0. The Morgan fingerprint density at radius 2 is 1.10 bits per heavy atom. The van der Waals surface area contributed by atoms with Crippen LogP contribution in [0.5, 0.6) is 5.75 Å². The largest absolute Gasteiger partial charge is 0.573 e. The maximum absolute atomic E-state index is 14.1. The van der Waals surface area contributed by atoms with Gasteiger partial charge in [0.05, 0.1) is 0 Å². The molecule has 0 fully saturated rings. The molecule has 0 aliphatic heterocycles. The SMILES string of the molecule is O=S(=O)(OS(c1ccccc1)(c1ccc(OC(F)(F)F)cc1)C(F)(F)F)C(F)(F)F. The lowest BCUT2D eigenvalue weighted by Gasteiger charge is -2.40. The molecule has 0 aliphatic rings. The second kappa shape index (κ2) is 7.85. The molecule has 1 unspecified atom stereocenters. The number of alkyl halides is 9. The fourth-order valence-electron chi connectivity index (χ4n) is 2.14. The lowest BCUT2D eigenvalue weighted by atomic mass is 10.3. The Morgan fingerprint density at radius 3 is 1.50 bits per heavy atom. The number of hydrogen-bond acceptors (Lipinski definition) is 4. The van der Waals surface area contributed by atoms with Gasteiger partial charge in [-0.3, -0.25) is 0 Å². The lowest BCUT2D eigenvalue weighted by molar-refractivity contribution is -0.274. The molecule has 0 heterocycles. The molecule has 1 atom stereocenters. The van der Waals surface area contributed by atoms with E-state index in [0.717, 1.165) is 12.1 Å². The molecular formula is C15H9F9O4S2. The third kappa shape index (κ3) is 4.95. The summed E-state index contributed by atoms with van der Waals surface area (Å²) >= 11 is 0. The van der Waals surface area contributed by atoms with E-state index >= 15 is 0 Å². The first-order valence-corrected chi connectivity index (χ1v) is 10.3. The van der Waals surface area contributed by atoms with Crippen molar-refractivity contribution in [3.05, 3.63) is 54.6 Å². The van der Waals surface area contributed by atoms with E-state index in [1.807, 2.05) is 0 Å². The number of hydrogen-bond donors (Lipinski definition) is 0. The first kappa shape index (κ1) is 24.1. The summed E-state index contributed by atoms with van der Waals surface area (Å²) in [5.41, 5.74) is -11.9. The quantitative estimate of drug-likeness (QED) is 0.377. The molecule has 168 valence electrons. The van der Waals surface area contributed by atoms with E-state index in [-0.39, 0.29) is 0 Å². The van der Waals surface area contributed by atoms with Gasteiger partial charge in [-0.2, -0.15) is 38.4 Å². The second-order valence-corrected chi connectivity index (χ2v) is 9.74. The van der Waals surface area contributed by atoms with Gasteiger partial charge in [0, 0.05) is 20.1 Å². The molecular weight excluding hydrogens is 479 g/mol. The topological polar surface area (TPSA) is 52.6 Å². The van der Waals surface area contributed by atoms with Crippen molar-refractivity contribution in [1.29, 1.82) is 0 Å². The van der Waals surface area contributed by atoms with Gasteiger partial charge in [-0.15, -0.1) is 13.2 Å². The Bertz CT molecular complexity index is 968. The molecule has 30 heavy (non-hydrogen) atoms. The van der Waals surface area contributed by atoms with Gasteiger partial charge in [-0.25, -0.2) is 0 Å². The van der Waals surface area contributed by atoms with Gasteiger partial charge in [-0.1, -0.05) is 18.2 Å². The van der Waals surface area contributed by atoms with Crippen LogP contribution in [0.4, 0.5) is 39.5 Å². The van der Waals surface area contributed by atoms with Crippen molar-refractivity contribution in [2.45, 2.75) is 27.2 Å². The van der Waals surface area contributed by atoms with E-state index in [2.05, 4.69) is 8.37 Å². The maximum atomic E-state index is 14.1. The summed E-state index contributed by atoms with van der Waals surface area (Å²) in [7, 11) is -12.2. The molecule has 0 aliphatic carbocycles. The molecule has 0 radical (unpaired) electrons. The van der Waals surface area contributed by atoms with Crippen molar-refractivity contribution in [3.63, 3.8) is 0 Å². The first-order valence-electron chi connectivity index (χ1n) is 7.32. The molecule has 0 spiro atoms. The summed E-state index contributed by atoms with van der Waals surface area (Å²) in [5.74, 6) is -0.978. The standard InChI is InChI=1S/C15H9F9O4S2/c16-13(17,18)27-10-6-8-12(9-7-10)29(14(19,20)21,11-4-2-1-3-5-11)28-30(25,26)15(22,23)24/h1-9H. The molecule has 0 N–H and O–H groups in total. The van der Waals surface area contributed by atoms with Crippen LogP contribution in [-0.4, -0.2) is 25.8 Å². The van der Waals surface area contributed by atoms with Gasteiger partial charge in [0.15, 0.2) is 0 Å². The van der Waals surface area contributed by atoms with Gasteiger partial charge < -0.3 is 4.74 Å². The zero-order valence-corrected chi connectivity index (χ0v) is 15.7. The van der Waals surface area contributed by atoms with E-state index in [4.69, 9.17) is 0 Å². The molecule has 0 aromatic heterocycles. The second-order valence-electron chi connectivity index (χ2n) is 5.30. The molecule has 2 aromatic rings. The molecule has 4 nitrogen and oxygen atoms in total. The van der Waals surface area contributed by atoms with Gasteiger partial charge in [0.2, 0.25) is 0 Å². The Hall–Kier alpha value is -2.13. The summed E-state index contributed by atoms with van der Waals surface area (Å²) < 4.78 is 148. The molecule has 0 saturated heterocycles. The monoisotopic (exact) mass is 488 g/mol. The fraction of sp³-hybridized carbons (Fsp3) is 0.200. The number of ether oxygens (including phenoxy) is 1. The Labute approximate surface area is 164 Å². The number of benzene rings is 2. The van der Waals surface area contributed by atoms with E-state index < -0.39 is 53.3 Å². The Kier molecular flexibility index (Phi) is 6.32. The average Bonchev–Trinajstić information content (AvgIpc) is 2.58. The third-order valence-corrected chi connectivity index (χ3v) is 7.89. The van der Waals surface area contributed by atoms with E-state index in [0.29, 0.717) is 36.4 Å². The molecule has 2 rings (SSSR count). The maximum Gasteiger partial charge on any atom is 0.573 e. The molecule has 15 heteroatoms.